The van der Waals surface area contributed by atoms with Crippen LogP contribution in [-0.2, 0) is 14.3 Å². The van der Waals surface area contributed by atoms with Crippen LogP contribution in [0.2, 0.25) is 0 Å². The van der Waals surface area contributed by atoms with Crippen LogP contribution in [0.4, 0.5) is 0 Å². The molecule has 5 nitrogen and oxygen atoms in total. The van der Waals surface area contributed by atoms with Crippen molar-refractivity contribution in [1.82, 2.24) is 0 Å². The van der Waals surface area contributed by atoms with E-state index in [0.717, 1.165) is 6.42 Å². The third kappa shape index (κ3) is 3.20. The average molecular weight is 254 g/mol. The zero-order valence-electron chi connectivity index (χ0n) is 10.6. The van der Waals surface area contributed by atoms with Crippen molar-refractivity contribution >= 4 is 11.9 Å². The van der Waals surface area contributed by atoms with Gasteiger partial charge < -0.3 is 14.9 Å². The van der Waals surface area contributed by atoms with Crippen LogP contribution < -0.4 is 0 Å². The average Bonchev–Trinajstić information content (AvgIpc) is 2.31. The lowest BCUT2D eigenvalue weighted by atomic mass is 9.77. The fourth-order valence-corrected chi connectivity index (χ4v) is 1.93. The molecule has 1 aliphatic rings. The minimum atomic E-state index is -1.13. The molecule has 1 unspecified atom stereocenters. The smallest absolute Gasteiger partial charge is 0.331 e. The van der Waals surface area contributed by atoms with Crippen molar-refractivity contribution in [3.05, 3.63) is 23.3 Å². The van der Waals surface area contributed by atoms with Gasteiger partial charge in [0.15, 0.2) is 0 Å². The minimum Gasteiger partial charge on any atom is -0.481 e. The maximum atomic E-state index is 11.2. The zero-order valence-corrected chi connectivity index (χ0v) is 10.6. The molecular formula is C13H18O5. The Hall–Kier alpha value is -1.62. The van der Waals surface area contributed by atoms with Crippen LogP contribution in [0, 0.1) is 5.41 Å². The van der Waals surface area contributed by atoms with Crippen molar-refractivity contribution in [3.8, 4) is 0 Å². The van der Waals surface area contributed by atoms with E-state index in [1.807, 2.05) is 0 Å². The number of hydrogen-bond donors (Lipinski definition) is 2. The number of aliphatic carboxylic acids is 2. The van der Waals surface area contributed by atoms with Gasteiger partial charge in [0.25, 0.3) is 0 Å². The molecule has 1 rings (SSSR count). The van der Waals surface area contributed by atoms with Crippen molar-refractivity contribution in [3.63, 3.8) is 0 Å². The van der Waals surface area contributed by atoms with Crippen LogP contribution in [0.5, 0.6) is 0 Å². The largest absolute Gasteiger partial charge is 0.481 e. The summed E-state index contributed by atoms with van der Waals surface area (Å²) in [6, 6.07) is 0. The SMILES string of the molecule is COCCCC1=C(C(=O)O)CC(C)(C(=O)O)C=C1. The maximum absolute atomic E-state index is 11.2. The third-order valence-corrected chi connectivity index (χ3v) is 3.13. The molecule has 5 heteroatoms. The second-order valence-electron chi connectivity index (χ2n) is 4.64. The number of carboxylic acids is 2. The number of rotatable bonds is 6. The summed E-state index contributed by atoms with van der Waals surface area (Å²) in [7, 11) is 1.59. The Balaban J connectivity index is 2.90. The second-order valence-corrected chi connectivity index (χ2v) is 4.64. The lowest BCUT2D eigenvalue weighted by Crippen LogP contribution is -2.29. The van der Waals surface area contributed by atoms with E-state index < -0.39 is 17.4 Å². The second kappa shape index (κ2) is 5.82. The van der Waals surface area contributed by atoms with Crippen LogP contribution in [-0.4, -0.2) is 35.9 Å². The monoisotopic (exact) mass is 254 g/mol. The van der Waals surface area contributed by atoms with E-state index in [4.69, 9.17) is 14.9 Å². The van der Waals surface area contributed by atoms with E-state index in [9.17, 15) is 9.59 Å². The van der Waals surface area contributed by atoms with Crippen LogP contribution in [0.1, 0.15) is 26.2 Å². The summed E-state index contributed by atoms with van der Waals surface area (Å²) < 4.78 is 4.92. The number of hydrogen-bond acceptors (Lipinski definition) is 3. The summed E-state index contributed by atoms with van der Waals surface area (Å²) in [6.07, 6.45) is 4.52. The summed E-state index contributed by atoms with van der Waals surface area (Å²) in [5.41, 5.74) is -0.241. The normalized spacial score (nSPS) is 23.2. The fourth-order valence-electron chi connectivity index (χ4n) is 1.93. The molecule has 0 aliphatic heterocycles. The summed E-state index contributed by atoms with van der Waals surface area (Å²) in [6.45, 7) is 2.08. The number of allylic oxidation sites excluding steroid dienone is 2. The summed E-state index contributed by atoms with van der Waals surface area (Å²) in [5, 5.41) is 18.3. The van der Waals surface area contributed by atoms with Crippen LogP contribution in [0.25, 0.3) is 0 Å². The van der Waals surface area contributed by atoms with Gasteiger partial charge in [0.1, 0.15) is 0 Å². The molecule has 0 amide bonds. The molecule has 0 aromatic rings. The molecule has 0 saturated heterocycles. The van der Waals surface area contributed by atoms with Gasteiger partial charge in [0.2, 0.25) is 0 Å². The predicted molar refractivity (Wildman–Crippen MR) is 65.3 cm³/mol. The van der Waals surface area contributed by atoms with Gasteiger partial charge in [-0.2, -0.15) is 0 Å². The first-order chi connectivity index (χ1) is 8.40. The van der Waals surface area contributed by atoms with Crippen molar-refractivity contribution in [2.75, 3.05) is 13.7 Å². The van der Waals surface area contributed by atoms with E-state index in [-0.39, 0.29) is 12.0 Å². The minimum absolute atomic E-state index is 0.0243. The van der Waals surface area contributed by atoms with Gasteiger partial charge in [0, 0.05) is 19.3 Å². The quantitative estimate of drug-likeness (QED) is 0.707. The zero-order chi connectivity index (χ0) is 13.8. The Morgan fingerprint density at radius 3 is 2.61 bits per heavy atom. The molecule has 0 saturated carbocycles. The van der Waals surface area contributed by atoms with Crippen molar-refractivity contribution in [1.29, 1.82) is 0 Å². The highest BCUT2D eigenvalue weighted by molar-refractivity contribution is 5.91. The Morgan fingerprint density at radius 1 is 1.44 bits per heavy atom. The van der Waals surface area contributed by atoms with Gasteiger partial charge in [0.05, 0.1) is 5.41 Å². The fraction of sp³-hybridized carbons (Fsp3) is 0.538. The number of methoxy groups -OCH3 is 1. The third-order valence-electron chi connectivity index (χ3n) is 3.13. The predicted octanol–water partition coefficient (Wildman–Crippen LogP) is 1.85. The number of ether oxygens (including phenoxy) is 1. The lowest BCUT2D eigenvalue weighted by molar-refractivity contribution is -0.145. The molecule has 0 radical (unpaired) electrons. The van der Waals surface area contributed by atoms with Gasteiger partial charge in [-0.25, -0.2) is 4.79 Å². The van der Waals surface area contributed by atoms with Crippen LogP contribution in [0.15, 0.2) is 23.3 Å². The summed E-state index contributed by atoms with van der Waals surface area (Å²) in [4.78, 5) is 22.3. The standard InChI is InChI=1S/C13H18O5/c1-13(12(16)17)6-5-9(4-3-7-18-2)10(8-13)11(14)15/h5-6H,3-4,7-8H2,1-2H3,(H,14,15)(H,16,17). The number of carboxylic acid groups (broad SMARTS) is 2. The van der Waals surface area contributed by atoms with Crippen molar-refractivity contribution < 1.29 is 24.5 Å². The van der Waals surface area contributed by atoms with Gasteiger partial charge in [-0.3, -0.25) is 4.79 Å². The lowest BCUT2D eigenvalue weighted by Gasteiger charge is -2.26. The maximum Gasteiger partial charge on any atom is 0.331 e. The highest BCUT2D eigenvalue weighted by atomic mass is 16.5. The Morgan fingerprint density at radius 2 is 2.11 bits per heavy atom. The molecule has 0 aromatic carbocycles. The van der Waals surface area contributed by atoms with Crippen LogP contribution >= 0.6 is 0 Å². The topological polar surface area (TPSA) is 83.8 Å². The van der Waals surface area contributed by atoms with E-state index >= 15 is 0 Å². The van der Waals surface area contributed by atoms with Gasteiger partial charge in [-0.1, -0.05) is 12.2 Å². The molecule has 1 atom stereocenters. The first kappa shape index (κ1) is 14.4. The Labute approximate surface area is 106 Å². The Kier molecular flexibility index (Phi) is 4.67. The summed E-state index contributed by atoms with van der Waals surface area (Å²) >= 11 is 0. The van der Waals surface area contributed by atoms with Crippen LogP contribution in [0.3, 0.4) is 0 Å². The highest BCUT2D eigenvalue weighted by Gasteiger charge is 2.36. The molecule has 100 valence electrons. The molecule has 0 heterocycles. The molecule has 0 aromatic heterocycles. The summed E-state index contributed by atoms with van der Waals surface area (Å²) in [5.74, 6) is -2.05. The van der Waals surface area contributed by atoms with Gasteiger partial charge in [-0.05, 0) is 31.8 Å². The van der Waals surface area contributed by atoms with Gasteiger partial charge >= 0.3 is 11.9 Å². The molecule has 0 spiro atoms. The first-order valence-corrected chi connectivity index (χ1v) is 5.77. The molecule has 0 fully saturated rings. The molecule has 0 bridgehead atoms. The van der Waals surface area contributed by atoms with E-state index in [1.54, 1.807) is 19.3 Å². The molecule has 18 heavy (non-hydrogen) atoms. The highest BCUT2D eigenvalue weighted by Crippen LogP contribution is 2.35. The van der Waals surface area contributed by atoms with E-state index in [0.29, 0.717) is 18.6 Å². The Bertz CT molecular complexity index is 408. The van der Waals surface area contributed by atoms with Gasteiger partial charge in [-0.15, -0.1) is 0 Å². The first-order valence-electron chi connectivity index (χ1n) is 5.77. The van der Waals surface area contributed by atoms with Crippen molar-refractivity contribution in [2.24, 2.45) is 5.41 Å². The molecule has 1 aliphatic carbocycles. The number of carbonyl (C=O) groups is 2. The molecular weight excluding hydrogens is 236 g/mol. The van der Waals surface area contributed by atoms with E-state index in [1.165, 1.54) is 6.92 Å². The van der Waals surface area contributed by atoms with E-state index in [2.05, 4.69) is 0 Å². The molecule has 2 N–H and O–H groups in total. The van der Waals surface area contributed by atoms with Crippen molar-refractivity contribution in [2.45, 2.75) is 26.2 Å².